The van der Waals surface area contributed by atoms with Gasteiger partial charge in [-0.3, -0.25) is 24.3 Å². The number of para-hydroxylation sites is 3. The number of amides is 2. The van der Waals surface area contributed by atoms with Gasteiger partial charge in [0.1, 0.15) is 17.9 Å². The molecule has 2 amide bonds. The third-order valence-electron chi connectivity index (χ3n) is 6.00. The Morgan fingerprint density at radius 1 is 0.968 bits per heavy atom. The van der Waals surface area contributed by atoms with Crippen LogP contribution in [0.3, 0.4) is 0 Å². The number of benzene rings is 2. The first kappa shape index (κ1) is 21.3. The predicted molar refractivity (Wildman–Crippen MR) is 121 cm³/mol. The Hall–Kier alpha value is -2.90. The summed E-state index contributed by atoms with van der Waals surface area (Å²) in [5.41, 5.74) is 0.513. The molecule has 0 unspecified atom stereocenters. The van der Waals surface area contributed by atoms with Gasteiger partial charge >= 0.3 is 0 Å². The van der Waals surface area contributed by atoms with Crippen LogP contribution in [-0.2, 0) is 9.59 Å². The van der Waals surface area contributed by atoms with Crippen LogP contribution in [0.2, 0.25) is 0 Å². The van der Waals surface area contributed by atoms with Crippen molar-refractivity contribution in [2.45, 2.75) is 19.4 Å². The standard InChI is InChI=1S/C24H30N4O3/c1-24(2)23(30)25-20-10-6-7-11-21(20)28(24)22(29)18-27-14-12-26(13-15-27)16-17-31-19-8-4-3-5-9-19/h3-11H,12-18H2,1-2H3,(H,25,30). The molecule has 7 nitrogen and oxygen atoms in total. The molecular formula is C24H30N4O3. The highest BCUT2D eigenvalue weighted by Gasteiger charge is 2.43. The molecule has 0 radical (unpaired) electrons. The van der Waals surface area contributed by atoms with Gasteiger partial charge in [0.15, 0.2) is 0 Å². The average molecular weight is 423 g/mol. The summed E-state index contributed by atoms with van der Waals surface area (Å²) in [5.74, 6) is 0.677. The van der Waals surface area contributed by atoms with Crippen molar-refractivity contribution < 1.29 is 14.3 Å². The Kier molecular flexibility index (Phi) is 6.25. The number of nitrogens with one attached hydrogen (secondary N) is 1. The Morgan fingerprint density at radius 3 is 2.35 bits per heavy atom. The Labute approximate surface area is 183 Å². The minimum Gasteiger partial charge on any atom is -0.492 e. The van der Waals surface area contributed by atoms with Gasteiger partial charge in [-0.2, -0.15) is 0 Å². The number of ether oxygens (including phenoxy) is 1. The molecule has 1 N–H and O–H groups in total. The lowest BCUT2D eigenvalue weighted by molar-refractivity contribution is -0.127. The number of hydrogen-bond acceptors (Lipinski definition) is 5. The highest BCUT2D eigenvalue weighted by molar-refractivity contribution is 6.14. The molecule has 0 aliphatic carbocycles. The van der Waals surface area contributed by atoms with Gasteiger partial charge in [0.05, 0.1) is 17.9 Å². The molecule has 164 valence electrons. The first-order valence-corrected chi connectivity index (χ1v) is 10.8. The summed E-state index contributed by atoms with van der Waals surface area (Å²) in [6.45, 7) is 8.83. The topological polar surface area (TPSA) is 65.1 Å². The van der Waals surface area contributed by atoms with Crippen molar-refractivity contribution in [3.8, 4) is 5.75 Å². The monoisotopic (exact) mass is 422 g/mol. The van der Waals surface area contributed by atoms with E-state index in [0.29, 0.717) is 18.8 Å². The van der Waals surface area contributed by atoms with Crippen LogP contribution in [0.1, 0.15) is 13.8 Å². The largest absolute Gasteiger partial charge is 0.492 e. The number of hydrogen-bond donors (Lipinski definition) is 1. The third-order valence-corrected chi connectivity index (χ3v) is 6.00. The van der Waals surface area contributed by atoms with Gasteiger partial charge in [0.2, 0.25) is 11.8 Å². The van der Waals surface area contributed by atoms with Crippen molar-refractivity contribution in [3.05, 3.63) is 54.6 Å². The molecule has 0 bridgehead atoms. The highest BCUT2D eigenvalue weighted by atomic mass is 16.5. The Bertz CT molecular complexity index is 923. The van der Waals surface area contributed by atoms with Crippen LogP contribution in [0.15, 0.2) is 54.6 Å². The summed E-state index contributed by atoms with van der Waals surface area (Å²) in [6, 6.07) is 17.3. The van der Waals surface area contributed by atoms with Crippen LogP contribution < -0.4 is 15.0 Å². The second kappa shape index (κ2) is 9.08. The molecule has 0 atom stereocenters. The van der Waals surface area contributed by atoms with Gasteiger partial charge in [-0.15, -0.1) is 0 Å². The van der Waals surface area contributed by atoms with Gasteiger partial charge in [0.25, 0.3) is 0 Å². The first-order chi connectivity index (χ1) is 14.9. The van der Waals surface area contributed by atoms with Crippen molar-refractivity contribution in [2.24, 2.45) is 0 Å². The molecule has 0 spiro atoms. The van der Waals surface area contributed by atoms with Crippen LogP contribution in [-0.4, -0.2) is 73.0 Å². The third kappa shape index (κ3) is 4.73. The van der Waals surface area contributed by atoms with Crippen LogP contribution in [0.5, 0.6) is 5.75 Å². The van der Waals surface area contributed by atoms with E-state index < -0.39 is 5.54 Å². The van der Waals surface area contributed by atoms with Crippen molar-refractivity contribution in [1.82, 2.24) is 9.80 Å². The highest BCUT2D eigenvalue weighted by Crippen LogP contribution is 2.36. The number of anilines is 2. The van der Waals surface area contributed by atoms with Crippen LogP contribution in [0, 0.1) is 0 Å². The van der Waals surface area contributed by atoms with Crippen LogP contribution >= 0.6 is 0 Å². The minimum absolute atomic E-state index is 0.0480. The summed E-state index contributed by atoms with van der Waals surface area (Å²) in [6.07, 6.45) is 0. The van der Waals surface area contributed by atoms with Gasteiger partial charge in [0, 0.05) is 32.7 Å². The van der Waals surface area contributed by atoms with Gasteiger partial charge < -0.3 is 10.1 Å². The van der Waals surface area contributed by atoms with Crippen molar-refractivity contribution in [3.63, 3.8) is 0 Å². The van der Waals surface area contributed by atoms with Gasteiger partial charge in [-0.1, -0.05) is 30.3 Å². The molecule has 0 aromatic heterocycles. The zero-order valence-corrected chi connectivity index (χ0v) is 18.2. The van der Waals surface area contributed by atoms with E-state index in [9.17, 15) is 9.59 Å². The number of carbonyl (C=O) groups excluding carboxylic acids is 2. The smallest absolute Gasteiger partial charge is 0.250 e. The molecule has 2 aromatic rings. The summed E-state index contributed by atoms with van der Waals surface area (Å²) >= 11 is 0. The second-order valence-electron chi connectivity index (χ2n) is 8.54. The number of carbonyl (C=O) groups is 2. The lowest BCUT2D eigenvalue weighted by atomic mass is 9.96. The van der Waals surface area contributed by atoms with Gasteiger partial charge in [-0.25, -0.2) is 0 Å². The molecule has 2 aliphatic rings. The Balaban J connectivity index is 1.30. The predicted octanol–water partition coefficient (Wildman–Crippen LogP) is 2.45. The summed E-state index contributed by atoms with van der Waals surface area (Å²) in [7, 11) is 0. The molecule has 31 heavy (non-hydrogen) atoms. The molecule has 2 heterocycles. The molecular weight excluding hydrogens is 392 g/mol. The number of fused-ring (bicyclic) bond motifs is 1. The Morgan fingerprint density at radius 2 is 1.61 bits per heavy atom. The molecule has 0 saturated carbocycles. The molecule has 1 fully saturated rings. The molecule has 7 heteroatoms. The van der Waals surface area contributed by atoms with E-state index in [1.807, 2.05) is 54.6 Å². The van der Waals surface area contributed by atoms with E-state index in [0.717, 1.165) is 44.2 Å². The summed E-state index contributed by atoms with van der Waals surface area (Å²) in [5, 5.41) is 2.91. The maximum Gasteiger partial charge on any atom is 0.250 e. The molecule has 1 saturated heterocycles. The van der Waals surface area contributed by atoms with Crippen LogP contribution in [0.25, 0.3) is 0 Å². The fourth-order valence-corrected chi connectivity index (χ4v) is 4.14. The maximum absolute atomic E-state index is 13.3. The van der Waals surface area contributed by atoms with E-state index in [1.54, 1.807) is 18.7 Å². The summed E-state index contributed by atoms with van der Waals surface area (Å²) in [4.78, 5) is 32.0. The van der Waals surface area contributed by atoms with E-state index in [1.165, 1.54) is 0 Å². The number of piperazine rings is 1. The van der Waals surface area contributed by atoms with Crippen molar-refractivity contribution >= 4 is 23.2 Å². The second-order valence-corrected chi connectivity index (χ2v) is 8.54. The lowest BCUT2D eigenvalue weighted by Gasteiger charge is -2.43. The number of rotatable bonds is 6. The van der Waals surface area contributed by atoms with E-state index in [4.69, 9.17) is 4.74 Å². The van der Waals surface area contributed by atoms with E-state index >= 15 is 0 Å². The van der Waals surface area contributed by atoms with Crippen molar-refractivity contribution in [1.29, 1.82) is 0 Å². The maximum atomic E-state index is 13.3. The van der Waals surface area contributed by atoms with Crippen molar-refractivity contribution in [2.75, 3.05) is 56.1 Å². The molecule has 4 rings (SSSR count). The molecule has 2 aromatic carbocycles. The SMILES string of the molecule is CC1(C)C(=O)Nc2ccccc2N1C(=O)CN1CCN(CCOc2ccccc2)CC1. The van der Waals surface area contributed by atoms with Gasteiger partial charge in [-0.05, 0) is 38.1 Å². The van der Waals surface area contributed by atoms with E-state index in [-0.39, 0.29) is 11.8 Å². The molecule has 2 aliphatic heterocycles. The first-order valence-electron chi connectivity index (χ1n) is 10.8. The minimum atomic E-state index is -0.929. The summed E-state index contributed by atoms with van der Waals surface area (Å²) < 4.78 is 5.79. The average Bonchev–Trinajstić information content (AvgIpc) is 2.76. The zero-order valence-electron chi connectivity index (χ0n) is 18.2. The quantitative estimate of drug-likeness (QED) is 0.775. The fraction of sp³-hybridized carbons (Fsp3) is 0.417. The van der Waals surface area contributed by atoms with Crippen LogP contribution in [0.4, 0.5) is 11.4 Å². The fourth-order valence-electron chi connectivity index (χ4n) is 4.14. The normalized spacial score (nSPS) is 18.9. The number of nitrogens with zero attached hydrogens (tertiary/aromatic N) is 3. The van der Waals surface area contributed by atoms with E-state index in [2.05, 4.69) is 15.1 Å². The zero-order chi connectivity index (χ0) is 21.8. The lowest BCUT2D eigenvalue weighted by Crippen LogP contribution is -2.61.